The number of likely N-dealkylation sites (N-methyl/N-ethyl adjacent to an activating group) is 2. The Morgan fingerprint density at radius 2 is 1.09 bits per heavy atom. The van der Waals surface area contributed by atoms with Gasteiger partial charge in [-0.3, -0.25) is 19.6 Å². The van der Waals surface area contributed by atoms with Gasteiger partial charge in [-0.05, 0) is 89.7 Å². The number of hydrogen-bond donors (Lipinski definition) is 4. The van der Waals surface area contributed by atoms with Gasteiger partial charge in [0.15, 0.2) is 46.0 Å². The number of nitrogens with two attached hydrogens (primary N) is 1. The number of nitriles is 2. The average Bonchev–Trinajstić information content (AvgIpc) is 0.866. The van der Waals surface area contributed by atoms with Crippen LogP contribution in [0, 0.1) is 50.4 Å². The predicted octanol–water partition coefficient (Wildman–Crippen LogP) is 10.8. The number of fused-ring (bicyclic) bond motifs is 18. The molecule has 5 N–H and O–H groups in total. The number of alkyl carbamates (subject to hydrolysis) is 1. The molecule has 2 saturated heterocycles. The minimum Gasteiger partial charge on any atom is -0.504 e. The van der Waals surface area contributed by atoms with Crippen molar-refractivity contribution >= 4 is 40.9 Å². The van der Waals surface area contributed by atoms with Gasteiger partial charge in [-0.25, -0.2) is 4.79 Å². The zero-order valence-electron chi connectivity index (χ0n) is 48.1. The summed E-state index contributed by atoms with van der Waals surface area (Å²) in [5.74, 6) is 5.00. The first kappa shape index (κ1) is 68.8. The number of benzene rings is 4. The summed E-state index contributed by atoms with van der Waals surface area (Å²) >= 11 is 17.4. The molecule has 20 nitrogen and oxygen atoms in total. The fourth-order valence-electron chi connectivity index (χ4n) is 15.1. The molecule has 4 bridgehead atoms. The number of carbonyl (C=O) groups excluding carboxylic acids is 1. The third kappa shape index (κ3) is 11.0. The molecule has 23 heteroatoms. The van der Waals surface area contributed by atoms with Gasteiger partial charge >= 0.3 is 6.09 Å². The number of piperazine rings is 2. The summed E-state index contributed by atoms with van der Waals surface area (Å²) in [4.78, 5) is 21.7. The van der Waals surface area contributed by atoms with Crippen molar-refractivity contribution in [1.82, 2.24) is 24.9 Å². The maximum Gasteiger partial charge on any atom is 0.407 e. The Bertz CT molecular complexity index is 3440. The first-order valence-corrected chi connectivity index (χ1v) is 29.0. The average molecular weight is 1280 g/mol. The fourth-order valence-corrected chi connectivity index (χ4v) is 15.3. The zero-order chi connectivity index (χ0) is 60.0. The molecule has 1 amide bonds. The quantitative estimate of drug-likeness (QED) is 0.0762. The standard InChI is InChI=1S/C32H35Cl3N4O7.C29H34N4O5.4CH4/c1-6-7-43-28-16(3)29-30(46-14-45-29)24-18(28)10-20-25-23-17(8-15(2)27(42-5)26(23)40)9-19(38(25)4)21(11-36)39(20)22(24)12-37-31(41)44-13-32(33,34)35;1-6-7-36-27-15(3)28-29(38-13-37-28)23-17(27)10-19-24-22-16(8-14(2)26(35-5)25(22)34)9-18(32(24)4)20(11-30)33(19)21(23)12-31;;;;/h6,8,19-22,25,40H,1,7,9-10,12-14H2,2-5H3,(H,37,41);6,8,18-21,24,34H,1,7,9-10,12-13,31H2,2-5H3;4*1H4/t19-,20?,21-,22-,25?;18-,19?,20-,21-,24?;;;;/m00..../s1. The van der Waals surface area contributed by atoms with E-state index in [0.29, 0.717) is 79.1 Å². The van der Waals surface area contributed by atoms with Gasteiger partial charge in [-0.2, -0.15) is 10.5 Å². The topological polar surface area (TPSA) is 239 Å². The molecule has 478 valence electrons. The Hall–Kier alpha value is -6.72. The largest absolute Gasteiger partial charge is 0.504 e. The predicted molar refractivity (Wildman–Crippen MR) is 339 cm³/mol. The smallest absolute Gasteiger partial charge is 0.407 e. The summed E-state index contributed by atoms with van der Waals surface area (Å²) in [5, 5.41) is 47.3. The molecule has 10 atom stereocenters. The second kappa shape index (κ2) is 26.8. The van der Waals surface area contributed by atoms with Crippen LogP contribution in [0.1, 0.15) is 121 Å². The van der Waals surface area contributed by atoms with Crippen LogP contribution >= 0.6 is 34.8 Å². The third-order valence-electron chi connectivity index (χ3n) is 18.3. The van der Waals surface area contributed by atoms with Gasteiger partial charge < -0.3 is 63.9 Å². The fraction of sp³-hybridized carbons (Fsp3) is 0.523. The Morgan fingerprint density at radius 1 is 0.682 bits per heavy atom. The van der Waals surface area contributed by atoms with Gasteiger partial charge in [-0.15, -0.1) is 0 Å². The van der Waals surface area contributed by atoms with Crippen molar-refractivity contribution in [2.24, 2.45) is 5.73 Å². The van der Waals surface area contributed by atoms with Crippen molar-refractivity contribution < 1.29 is 57.6 Å². The zero-order valence-corrected chi connectivity index (χ0v) is 50.4. The lowest BCUT2D eigenvalue weighted by Crippen LogP contribution is -2.68. The summed E-state index contributed by atoms with van der Waals surface area (Å²) in [6.07, 6.45) is 4.81. The highest BCUT2D eigenvalue weighted by molar-refractivity contribution is 6.67. The van der Waals surface area contributed by atoms with E-state index >= 15 is 0 Å². The Morgan fingerprint density at radius 3 is 1.48 bits per heavy atom. The van der Waals surface area contributed by atoms with Crippen LogP contribution in [-0.4, -0.2) is 151 Å². The number of nitrogens with one attached hydrogen (secondary N) is 1. The lowest BCUT2D eigenvalue weighted by molar-refractivity contribution is -0.0723. The molecular weight excluding hydrogens is 1190 g/mol. The molecule has 8 aliphatic heterocycles. The molecule has 0 radical (unpaired) electrons. The molecule has 88 heavy (non-hydrogen) atoms. The van der Waals surface area contributed by atoms with Crippen molar-refractivity contribution in [3.63, 3.8) is 0 Å². The Balaban J connectivity index is 0.000000244. The van der Waals surface area contributed by atoms with Crippen LogP contribution in [0.4, 0.5) is 4.79 Å². The number of nitrogens with zero attached hydrogens (tertiary/aromatic N) is 6. The monoisotopic (exact) mass is 1270 g/mol. The minimum atomic E-state index is -1.78. The number of alkyl halides is 3. The second-order valence-electron chi connectivity index (χ2n) is 22.5. The van der Waals surface area contributed by atoms with Gasteiger partial charge in [0.25, 0.3) is 0 Å². The summed E-state index contributed by atoms with van der Waals surface area (Å²) < 4.78 is 51.1. The molecule has 0 aromatic heterocycles. The van der Waals surface area contributed by atoms with Crippen LogP contribution in [0.3, 0.4) is 0 Å². The van der Waals surface area contributed by atoms with E-state index in [2.05, 4.69) is 63.3 Å². The van der Waals surface area contributed by atoms with Crippen LogP contribution in [0.5, 0.6) is 57.5 Å². The van der Waals surface area contributed by atoms with E-state index in [4.69, 9.17) is 83.2 Å². The van der Waals surface area contributed by atoms with Crippen LogP contribution in [0.2, 0.25) is 0 Å². The van der Waals surface area contributed by atoms with Gasteiger partial charge in [0.2, 0.25) is 17.4 Å². The molecule has 4 aromatic carbocycles. The number of halogens is 3. The molecular formula is C65H85Cl3N8O12. The van der Waals surface area contributed by atoms with Crippen molar-refractivity contribution in [3.05, 3.63) is 104 Å². The highest BCUT2D eigenvalue weighted by Crippen LogP contribution is 2.61. The Labute approximate surface area is 533 Å². The third-order valence-corrected chi connectivity index (χ3v) is 18.6. The van der Waals surface area contributed by atoms with E-state index in [1.165, 1.54) is 7.11 Å². The maximum atomic E-state index is 12.9. The highest BCUT2D eigenvalue weighted by Gasteiger charge is 2.59. The minimum absolute atomic E-state index is 0. The Kier molecular flexibility index (Phi) is 20.9. The number of phenolic OH excluding ortho intramolecular Hbond substituents is 2. The van der Waals surface area contributed by atoms with Gasteiger partial charge in [0, 0.05) is 81.8 Å². The second-order valence-corrected chi connectivity index (χ2v) is 25.0. The van der Waals surface area contributed by atoms with E-state index in [1.54, 1.807) is 19.3 Å². The van der Waals surface area contributed by atoms with E-state index in [0.717, 1.165) is 72.5 Å². The molecule has 8 aliphatic rings. The molecule has 0 saturated carbocycles. The van der Waals surface area contributed by atoms with Crippen LogP contribution in [0.15, 0.2) is 37.4 Å². The summed E-state index contributed by atoms with van der Waals surface area (Å²) in [5.41, 5.74) is 17.1. The number of phenols is 2. The number of ether oxygens (including phenoxy) is 9. The van der Waals surface area contributed by atoms with Crippen molar-refractivity contribution in [2.45, 2.75) is 147 Å². The van der Waals surface area contributed by atoms with Crippen LogP contribution < -0.4 is 48.9 Å². The number of rotatable bonds is 12. The van der Waals surface area contributed by atoms with Gasteiger partial charge in [-0.1, -0.05) is 102 Å². The molecule has 0 aliphatic carbocycles. The van der Waals surface area contributed by atoms with Gasteiger partial charge in [0.05, 0.1) is 50.5 Å². The number of amides is 1. The first-order chi connectivity index (χ1) is 40.3. The van der Waals surface area contributed by atoms with E-state index in [1.807, 2.05) is 40.8 Å². The lowest BCUT2D eigenvalue weighted by atomic mass is 9.71. The van der Waals surface area contributed by atoms with Crippen molar-refractivity contribution in [3.8, 4) is 69.6 Å². The summed E-state index contributed by atoms with van der Waals surface area (Å²) in [6, 6.07) is 6.17. The number of hydrogen-bond acceptors (Lipinski definition) is 19. The molecule has 8 heterocycles. The van der Waals surface area contributed by atoms with Crippen LogP contribution in [0.25, 0.3) is 0 Å². The number of methoxy groups -OCH3 is 2. The molecule has 4 aromatic rings. The lowest BCUT2D eigenvalue weighted by Gasteiger charge is -2.60. The van der Waals surface area contributed by atoms with E-state index in [-0.39, 0.29) is 110 Å². The van der Waals surface area contributed by atoms with Gasteiger partial charge in [0.1, 0.15) is 43.4 Å². The maximum absolute atomic E-state index is 12.9. The highest BCUT2D eigenvalue weighted by atomic mass is 35.6. The number of aromatic hydroxyl groups is 2. The molecule has 2 fully saturated rings. The number of carbonyl (C=O) groups is 1. The van der Waals surface area contributed by atoms with E-state index in [9.17, 15) is 25.5 Å². The molecule has 12 rings (SSSR count). The van der Waals surface area contributed by atoms with E-state index < -0.39 is 34.6 Å². The van der Waals surface area contributed by atoms with Crippen molar-refractivity contribution in [2.75, 3.05) is 74.8 Å². The molecule has 4 unspecified atom stereocenters. The van der Waals surface area contributed by atoms with Crippen LogP contribution in [-0.2, 0) is 30.4 Å². The SMILES string of the molecule is C.C.C.C.C=CCOc1c(C)c2c(c3c1CC1C4c5c(cc(C)c(OC)c5O)C[C@@H]([C@H](C#N)N1[C@H]3CN)N4C)OCO2.C=CCOc1c(C)c2c(c3c1CC1C4c5c(cc(C)c(OC)c5O)C[C@@H]([C@H](C#N)N1[C@H]3CNC(=O)OCC(Cl)(Cl)Cl)N4C)OCO2. The first-order valence-electron chi connectivity index (χ1n) is 27.9. The number of aryl methyl sites for hydroxylation is 2. The summed E-state index contributed by atoms with van der Waals surface area (Å²) in [6.45, 7) is 16.0. The van der Waals surface area contributed by atoms with Crippen molar-refractivity contribution in [1.29, 1.82) is 10.5 Å². The normalized spacial score (nSPS) is 24.6. The molecule has 0 spiro atoms. The summed E-state index contributed by atoms with van der Waals surface area (Å²) in [7, 11) is 7.16.